The van der Waals surface area contributed by atoms with E-state index >= 15 is 0 Å². The number of nitrogens with one attached hydrogen (secondary N) is 2. The van der Waals surface area contributed by atoms with E-state index in [4.69, 9.17) is 0 Å². The van der Waals surface area contributed by atoms with E-state index in [9.17, 15) is 10.1 Å². The summed E-state index contributed by atoms with van der Waals surface area (Å²) >= 11 is 0. The number of nitro groups is 1. The molecule has 0 atom stereocenters. The number of nitrogens with zero attached hydrogens (tertiary/aromatic N) is 4. The van der Waals surface area contributed by atoms with Gasteiger partial charge in [0.25, 0.3) is 5.69 Å². The maximum atomic E-state index is 11.4. The number of aromatic nitrogens is 4. The van der Waals surface area contributed by atoms with Crippen LogP contribution in [0.1, 0.15) is 0 Å². The fraction of sp³-hybridized carbons (Fsp3) is 0. The number of benzene rings is 3. The molecule has 0 fully saturated rings. The number of rotatable bonds is 5. The fourth-order valence-corrected chi connectivity index (χ4v) is 2.78. The SMILES string of the molecule is O=[N+]([O-])c1ccc(-c2nn[nH]n2)cc1Nc1cccc(-c2ccccc2)c1. The van der Waals surface area contributed by atoms with Crippen LogP contribution in [-0.2, 0) is 0 Å². The fourth-order valence-electron chi connectivity index (χ4n) is 2.78. The molecule has 27 heavy (non-hydrogen) atoms. The molecule has 4 rings (SSSR count). The van der Waals surface area contributed by atoms with Crippen molar-refractivity contribution < 1.29 is 4.92 Å². The molecular weight excluding hydrogens is 344 g/mol. The second-order valence-electron chi connectivity index (χ2n) is 5.80. The van der Waals surface area contributed by atoms with Gasteiger partial charge in [-0.15, -0.1) is 10.2 Å². The third kappa shape index (κ3) is 3.49. The normalized spacial score (nSPS) is 10.5. The van der Waals surface area contributed by atoms with E-state index in [1.54, 1.807) is 12.1 Å². The van der Waals surface area contributed by atoms with Crippen LogP contribution < -0.4 is 5.32 Å². The van der Waals surface area contributed by atoms with Gasteiger partial charge in [0.15, 0.2) is 0 Å². The lowest BCUT2D eigenvalue weighted by Gasteiger charge is -2.10. The summed E-state index contributed by atoms with van der Waals surface area (Å²) in [5.41, 5.74) is 3.76. The highest BCUT2D eigenvalue weighted by Gasteiger charge is 2.16. The first-order valence-corrected chi connectivity index (χ1v) is 8.15. The van der Waals surface area contributed by atoms with Gasteiger partial charge < -0.3 is 5.32 Å². The van der Waals surface area contributed by atoms with Gasteiger partial charge in [-0.05, 0) is 40.6 Å². The van der Waals surface area contributed by atoms with Crippen molar-refractivity contribution in [3.8, 4) is 22.5 Å². The van der Waals surface area contributed by atoms with Crippen LogP contribution in [0.4, 0.5) is 17.1 Å². The Labute approximate surface area is 154 Å². The molecule has 0 unspecified atom stereocenters. The minimum Gasteiger partial charge on any atom is -0.350 e. The predicted molar refractivity (Wildman–Crippen MR) is 101 cm³/mol. The second kappa shape index (κ2) is 7.04. The number of anilines is 2. The number of aromatic amines is 1. The van der Waals surface area contributed by atoms with Crippen molar-refractivity contribution in [2.75, 3.05) is 5.32 Å². The van der Waals surface area contributed by atoms with Gasteiger partial charge in [0.2, 0.25) is 5.82 Å². The molecule has 8 nitrogen and oxygen atoms in total. The van der Waals surface area contributed by atoms with E-state index in [1.165, 1.54) is 6.07 Å². The summed E-state index contributed by atoms with van der Waals surface area (Å²) in [6, 6.07) is 22.3. The maximum absolute atomic E-state index is 11.4. The summed E-state index contributed by atoms with van der Waals surface area (Å²) < 4.78 is 0. The maximum Gasteiger partial charge on any atom is 0.292 e. The molecule has 0 aliphatic carbocycles. The Morgan fingerprint density at radius 1 is 0.889 bits per heavy atom. The van der Waals surface area contributed by atoms with Crippen LogP contribution in [-0.4, -0.2) is 25.5 Å². The van der Waals surface area contributed by atoms with Crippen LogP contribution in [0, 0.1) is 10.1 Å². The van der Waals surface area contributed by atoms with Gasteiger partial charge >= 0.3 is 0 Å². The van der Waals surface area contributed by atoms with Gasteiger partial charge in [0, 0.05) is 17.3 Å². The molecule has 4 aromatic rings. The van der Waals surface area contributed by atoms with Crippen LogP contribution in [0.15, 0.2) is 72.8 Å². The Morgan fingerprint density at radius 2 is 1.70 bits per heavy atom. The number of hydrogen-bond acceptors (Lipinski definition) is 6. The summed E-state index contributed by atoms with van der Waals surface area (Å²) in [5, 5.41) is 28.3. The average molecular weight is 358 g/mol. The zero-order valence-electron chi connectivity index (χ0n) is 14.0. The highest BCUT2D eigenvalue weighted by molar-refractivity contribution is 5.77. The lowest BCUT2D eigenvalue weighted by atomic mass is 10.1. The Hall–Kier alpha value is -4.07. The molecular formula is C19H14N6O2. The van der Waals surface area contributed by atoms with Crippen LogP contribution in [0.25, 0.3) is 22.5 Å². The van der Waals surface area contributed by atoms with Gasteiger partial charge in [-0.3, -0.25) is 10.1 Å². The van der Waals surface area contributed by atoms with E-state index in [2.05, 4.69) is 25.9 Å². The van der Waals surface area contributed by atoms with E-state index in [-0.39, 0.29) is 5.69 Å². The molecule has 0 saturated heterocycles. The van der Waals surface area contributed by atoms with Crippen LogP contribution in [0.3, 0.4) is 0 Å². The quantitative estimate of drug-likeness (QED) is 0.409. The summed E-state index contributed by atoms with van der Waals surface area (Å²) in [6.45, 7) is 0. The predicted octanol–water partition coefficient (Wildman–Crippen LogP) is 4.19. The number of H-pyrrole nitrogens is 1. The number of nitro benzene ring substituents is 1. The lowest BCUT2D eigenvalue weighted by Crippen LogP contribution is -1.98. The van der Waals surface area contributed by atoms with Gasteiger partial charge in [0.1, 0.15) is 5.69 Å². The molecule has 0 saturated carbocycles. The zero-order chi connectivity index (χ0) is 18.6. The summed E-state index contributed by atoms with van der Waals surface area (Å²) in [6.07, 6.45) is 0. The van der Waals surface area contributed by atoms with Crippen LogP contribution in [0.5, 0.6) is 0 Å². The van der Waals surface area contributed by atoms with E-state index < -0.39 is 4.92 Å². The van der Waals surface area contributed by atoms with Crippen molar-refractivity contribution in [2.45, 2.75) is 0 Å². The van der Waals surface area contributed by atoms with Crippen molar-refractivity contribution in [1.29, 1.82) is 0 Å². The number of tetrazole rings is 1. The summed E-state index contributed by atoms with van der Waals surface area (Å²) in [4.78, 5) is 11.0. The molecule has 0 aliphatic heterocycles. The molecule has 0 amide bonds. The first-order valence-electron chi connectivity index (χ1n) is 8.15. The Balaban J connectivity index is 1.71. The third-order valence-corrected chi connectivity index (χ3v) is 4.05. The summed E-state index contributed by atoms with van der Waals surface area (Å²) in [5.74, 6) is 0.367. The largest absolute Gasteiger partial charge is 0.350 e. The van der Waals surface area contributed by atoms with E-state index in [0.717, 1.165) is 16.8 Å². The Kier molecular flexibility index (Phi) is 4.28. The van der Waals surface area contributed by atoms with Crippen molar-refractivity contribution >= 4 is 17.1 Å². The average Bonchev–Trinajstić information content (AvgIpc) is 3.23. The Morgan fingerprint density at radius 3 is 2.44 bits per heavy atom. The summed E-state index contributed by atoms with van der Waals surface area (Å²) in [7, 11) is 0. The molecule has 8 heteroatoms. The van der Waals surface area contributed by atoms with Gasteiger partial charge in [-0.25, -0.2) is 0 Å². The topological polar surface area (TPSA) is 110 Å². The molecule has 0 radical (unpaired) electrons. The zero-order valence-corrected chi connectivity index (χ0v) is 14.0. The molecule has 0 spiro atoms. The van der Waals surface area contributed by atoms with Crippen molar-refractivity contribution in [3.05, 3.63) is 82.9 Å². The van der Waals surface area contributed by atoms with Crippen molar-refractivity contribution in [2.24, 2.45) is 0 Å². The van der Waals surface area contributed by atoms with E-state index in [0.29, 0.717) is 17.1 Å². The van der Waals surface area contributed by atoms with Crippen LogP contribution in [0.2, 0.25) is 0 Å². The first kappa shape index (κ1) is 16.4. The standard InChI is InChI=1S/C19H14N6O2/c26-25(27)18-10-9-15(19-21-23-24-22-19)12-17(18)20-16-8-4-7-14(11-16)13-5-2-1-3-6-13/h1-12,20H,(H,21,22,23,24). The minimum absolute atomic E-state index is 0.0349. The molecule has 2 N–H and O–H groups in total. The molecule has 1 aromatic heterocycles. The smallest absolute Gasteiger partial charge is 0.292 e. The molecule has 0 bridgehead atoms. The Bertz CT molecular complexity index is 1080. The first-order chi connectivity index (χ1) is 13.2. The molecule has 0 aliphatic rings. The number of hydrogen-bond donors (Lipinski definition) is 2. The lowest BCUT2D eigenvalue weighted by molar-refractivity contribution is -0.383. The van der Waals surface area contributed by atoms with Crippen molar-refractivity contribution in [3.63, 3.8) is 0 Å². The van der Waals surface area contributed by atoms with Gasteiger partial charge in [-0.2, -0.15) is 5.21 Å². The van der Waals surface area contributed by atoms with Crippen molar-refractivity contribution in [1.82, 2.24) is 20.6 Å². The minimum atomic E-state index is -0.427. The van der Waals surface area contributed by atoms with E-state index in [1.807, 2.05) is 54.6 Å². The molecule has 3 aromatic carbocycles. The monoisotopic (exact) mass is 358 g/mol. The van der Waals surface area contributed by atoms with Crippen LogP contribution >= 0.6 is 0 Å². The molecule has 132 valence electrons. The highest BCUT2D eigenvalue weighted by atomic mass is 16.6. The second-order valence-corrected chi connectivity index (χ2v) is 5.80. The molecule has 1 heterocycles. The highest BCUT2D eigenvalue weighted by Crippen LogP contribution is 2.32. The van der Waals surface area contributed by atoms with Gasteiger partial charge in [-0.1, -0.05) is 42.5 Å². The van der Waals surface area contributed by atoms with Gasteiger partial charge in [0.05, 0.1) is 4.92 Å². The third-order valence-electron chi connectivity index (χ3n) is 4.05.